The van der Waals surface area contributed by atoms with E-state index in [9.17, 15) is 0 Å². The van der Waals surface area contributed by atoms with Crippen LogP contribution in [0.15, 0.2) is 66.7 Å². The van der Waals surface area contributed by atoms with Crippen LogP contribution < -0.4 is 5.32 Å². The highest BCUT2D eigenvalue weighted by Crippen LogP contribution is 2.17. The van der Waals surface area contributed by atoms with Gasteiger partial charge >= 0.3 is 0 Å². The fraction of sp³-hybridized carbons (Fsp3) is 0.0667. The lowest BCUT2D eigenvalue weighted by molar-refractivity contribution is 1.51. The highest BCUT2D eigenvalue weighted by atomic mass is 14.9. The van der Waals surface area contributed by atoms with Crippen molar-refractivity contribution >= 4 is 11.4 Å². The van der Waals surface area contributed by atoms with Gasteiger partial charge in [-0.15, -0.1) is 0 Å². The van der Waals surface area contributed by atoms with E-state index in [2.05, 4.69) is 35.7 Å². The van der Waals surface area contributed by atoms with Crippen molar-refractivity contribution in [2.75, 3.05) is 5.32 Å². The lowest BCUT2D eigenvalue weighted by Gasteiger charge is -2.10. The van der Waals surface area contributed by atoms with E-state index in [-0.39, 0.29) is 0 Å². The Hall–Kier alpha value is -2.02. The fourth-order valence-electron chi connectivity index (χ4n) is 1.61. The first-order chi connectivity index (χ1) is 7.90. The SMILES string of the molecule is CC=C(Nc1ccccc1)c1ccccc1. The molecular weight excluding hydrogens is 194 g/mol. The fourth-order valence-corrected chi connectivity index (χ4v) is 1.61. The van der Waals surface area contributed by atoms with Gasteiger partial charge < -0.3 is 5.32 Å². The quantitative estimate of drug-likeness (QED) is 0.800. The van der Waals surface area contributed by atoms with Crippen molar-refractivity contribution in [2.45, 2.75) is 6.92 Å². The van der Waals surface area contributed by atoms with Gasteiger partial charge in [-0.2, -0.15) is 0 Å². The number of hydrogen-bond acceptors (Lipinski definition) is 1. The first kappa shape index (κ1) is 10.5. The van der Waals surface area contributed by atoms with Gasteiger partial charge in [-0.3, -0.25) is 0 Å². The van der Waals surface area contributed by atoms with Gasteiger partial charge in [0.25, 0.3) is 0 Å². The second-order valence-corrected chi connectivity index (χ2v) is 3.56. The first-order valence-corrected chi connectivity index (χ1v) is 5.44. The van der Waals surface area contributed by atoms with Gasteiger partial charge in [0.15, 0.2) is 0 Å². The Balaban J connectivity index is 2.20. The molecule has 0 bridgehead atoms. The molecule has 0 unspecified atom stereocenters. The molecule has 0 radical (unpaired) electrons. The molecule has 0 atom stereocenters. The topological polar surface area (TPSA) is 12.0 Å². The minimum Gasteiger partial charge on any atom is -0.355 e. The molecule has 1 heteroatoms. The van der Waals surface area contributed by atoms with Crippen molar-refractivity contribution in [3.63, 3.8) is 0 Å². The maximum Gasteiger partial charge on any atom is 0.0414 e. The summed E-state index contributed by atoms with van der Waals surface area (Å²) in [6, 6.07) is 20.5. The number of benzene rings is 2. The number of anilines is 1. The third kappa shape index (κ3) is 2.51. The molecule has 0 aromatic heterocycles. The van der Waals surface area contributed by atoms with Crippen LogP contribution in [-0.4, -0.2) is 0 Å². The zero-order valence-corrected chi connectivity index (χ0v) is 9.35. The minimum atomic E-state index is 1.11. The van der Waals surface area contributed by atoms with Crippen LogP contribution in [0, 0.1) is 0 Å². The van der Waals surface area contributed by atoms with E-state index >= 15 is 0 Å². The van der Waals surface area contributed by atoms with Crippen LogP contribution in [0.4, 0.5) is 5.69 Å². The molecule has 0 aliphatic carbocycles. The third-order valence-corrected chi connectivity index (χ3v) is 2.43. The third-order valence-electron chi connectivity index (χ3n) is 2.43. The van der Waals surface area contributed by atoms with Crippen LogP contribution in [0.2, 0.25) is 0 Å². The average Bonchev–Trinajstić information content (AvgIpc) is 2.38. The molecule has 0 aliphatic rings. The molecule has 1 N–H and O–H groups in total. The second kappa shape index (κ2) is 5.17. The molecule has 80 valence electrons. The molecule has 0 heterocycles. The summed E-state index contributed by atoms with van der Waals surface area (Å²) in [6.07, 6.45) is 2.09. The molecule has 16 heavy (non-hydrogen) atoms. The maximum absolute atomic E-state index is 3.41. The molecule has 0 amide bonds. The standard InChI is InChI=1S/C15H15N/c1-2-15(13-9-5-3-6-10-13)16-14-11-7-4-8-12-14/h2-12,16H,1H3. The van der Waals surface area contributed by atoms with Gasteiger partial charge in [-0.25, -0.2) is 0 Å². The summed E-state index contributed by atoms with van der Waals surface area (Å²) >= 11 is 0. The van der Waals surface area contributed by atoms with E-state index in [1.165, 1.54) is 5.56 Å². The molecule has 0 aliphatic heterocycles. The number of para-hydroxylation sites is 1. The van der Waals surface area contributed by atoms with Gasteiger partial charge in [-0.05, 0) is 24.6 Å². The summed E-state index contributed by atoms with van der Waals surface area (Å²) in [5.74, 6) is 0. The van der Waals surface area contributed by atoms with Crippen molar-refractivity contribution in [3.05, 3.63) is 72.3 Å². The van der Waals surface area contributed by atoms with Crippen molar-refractivity contribution < 1.29 is 0 Å². The molecule has 2 rings (SSSR count). The lowest BCUT2D eigenvalue weighted by Crippen LogP contribution is -1.97. The largest absolute Gasteiger partial charge is 0.355 e. The first-order valence-electron chi connectivity index (χ1n) is 5.44. The normalized spacial score (nSPS) is 11.2. The summed E-state index contributed by atoms with van der Waals surface area (Å²) in [4.78, 5) is 0. The molecule has 0 saturated heterocycles. The maximum atomic E-state index is 3.41. The van der Waals surface area contributed by atoms with Gasteiger partial charge in [-0.1, -0.05) is 54.6 Å². The van der Waals surface area contributed by atoms with Crippen LogP contribution in [0.1, 0.15) is 12.5 Å². The van der Waals surface area contributed by atoms with E-state index in [4.69, 9.17) is 0 Å². The highest BCUT2D eigenvalue weighted by Gasteiger charge is 1.99. The zero-order valence-electron chi connectivity index (χ0n) is 9.35. The van der Waals surface area contributed by atoms with Gasteiger partial charge in [0.1, 0.15) is 0 Å². The Labute approximate surface area is 96.4 Å². The van der Waals surface area contributed by atoms with Crippen LogP contribution in [-0.2, 0) is 0 Å². The van der Waals surface area contributed by atoms with Crippen LogP contribution in [0.5, 0.6) is 0 Å². The lowest BCUT2D eigenvalue weighted by atomic mass is 10.1. The Morgan fingerprint density at radius 2 is 1.44 bits per heavy atom. The number of allylic oxidation sites excluding steroid dienone is 1. The molecule has 0 spiro atoms. The van der Waals surface area contributed by atoms with E-state index in [1.54, 1.807) is 0 Å². The highest BCUT2D eigenvalue weighted by molar-refractivity contribution is 5.76. The van der Waals surface area contributed by atoms with Crippen LogP contribution >= 0.6 is 0 Å². The predicted octanol–water partition coefficient (Wildman–Crippen LogP) is 4.16. The second-order valence-electron chi connectivity index (χ2n) is 3.56. The van der Waals surface area contributed by atoms with Crippen molar-refractivity contribution in [1.82, 2.24) is 0 Å². The summed E-state index contributed by atoms with van der Waals surface area (Å²) in [7, 11) is 0. The predicted molar refractivity (Wildman–Crippen MR) is 70.2 cm³/mol. The Morgan fingerprint density at radius 3 is 2.00 bits per heavy atom. The summed E-state index contributed by atoms with van der Waals surface area (Å²) < 4.78 is 0. The molecular formula is C15H15N. The summed E-state index contributed by atoms with van der Waals surface area (Å²) in [5, 5.41) is 3.41. The van der Waals surface area contributed by atoms with Gasteiger partial charge in [0, 0.05) is 11.4 Å². The number of nitrogens with one attached hydrogen (secondary N) is 1. The van der Waals surface area contributed by atoms with E-state index in [0.717, 1.165) is 11.4 Å². The van der Waals surface area contributed by atoms with Crippen molar-refractivity contribution in [3.8, 4) is 0 Å². The Bertz CT molecular complexity index is 457. The van der Waals surface area contributed by atoms with Crippen molar-refractivity contribution in [1.29, 1.82) is 0 Å². The average molecular weight is 209 g/mol. The molecule has 0 fully saturated rings. The Kier molecular flexibility index (Phi) is 3.39. The smallest absolute Gasteiger partial charge is 0.0414 e. The van der Waals surface area contributed by atoms with E-state index in [1.807, 2.05) is 43.3 Å². The number of hydrogen-bond donors (Lipinski definition) is 1. The monoisotopic (exact) mass is 209 g/mol. The van der Waals surface area contributed by atoms with Crippen molar-refractivity contribution in [2.24, 2.45) is 0 Å². The number of rotatable bonds is 3. The molecule has 1 nitrogen and oxygen atoms in total. The molecule has 2 aromatic rings. The minimum absolute atomic E-state index is 1.11. The summed E-state index contributed by atoms with van der Waals surface area (Å²) in [6.45, 7) is 2.04. The van der Waals surface area contributed by atoms with Gasteiger partial charge in [0.05, 0.1) is 0 Å². The zero-order chi connectivity index (χ0) is 11.2. The Morgan fingerprint density at radius 1 is 0.875 bits per heavy atom. The van der Waals surface area contributed by atoms with E-state index < -0.39 is 0 Å². The molecule has 2 aromatic carbocycles. The van der Waals surface area contributed by atoms with E-state index in [0.29, 0.717) is 0 Å². The summed E-state index contributed by atoms with van der Waals surface area (Å²) in [5.41, 5.74) is 3.44. The van der Waals surface area contributed by atoms with Crippen LogP contribution in [0.25, 0.3) is 5.70 Å². The van der Waals surface area contributed by atoms with Gasteiger partial charge in [0.2, 0.25) is 0 Å². The molecule has 0 saturated carbocycles. The van der Waals surface area contributed by atoms with Crippen LogP contribution in [0.3, 0.4) is 0 Å².